The summed E-state index contributed by atoms with van der Waals surface area (Å²) in [5.41, 5.74) is 1.57. The maximum atomic E-state index is 4.30. The first kappa shape index (κ1) is 9.24. The molecule has 0 aliphatic carbocycles. The normalized spacial score (nSPS) is 23.7. The second kappa shape index (κ2) is 3.26. The Bertz CT molecular complexity index is 238. The zero-order valence-corrected chi connectivity index (χ0v) is 8.33. The lowest BCUT2D eigenvalue weighted by Gasteiger charge is -2.19. The van der Waals surface area contributed by atoms with Gasteiger partial charge in [0.2, 0.25) is 0 Å². The second-order valence-electron chi connectivity index (χ2n) is 4.27. The van der Waals surface area contributed by atoms with E-state index in [0.29, 0.717) is 6.04 Å². The Labute approximate surface area is 74.9 Å². The molecule has 0 saturated carbocycles. The maximum absolute atomic E-state index is 4.30. The van der Waals surface area contributed by atoms with Crippen LogP contribution in [0.4, 0.5) is 0 Å². The zero-order chi connectivity index (χ0) is 9.19. The molecule has 0 radical (unpaired) electrons. The predicted octanol–water partition coefficient (Wildman–Crippen LogP) is 2.99. The Morgan fingerprint density at radius 3 is 2.58 bits per heavy atom. The molecule has 0 aromatic rings. The molecule has 0 fully saturated rings. The van der Waals surface area contributed by atoms with Crippen LogP contribution in [0, 0.1) is 5.41 Å². The highest BCUT2D eigenvalue weighted by atomic mass is 14.7. The average Bonchev–Trinajstić information content (AvgIpc) is 2.11. The summed E-state index contributed by atoms with van der Waals surface area (Å²) in [5.74, 6) is 0. The molecule has 66 valence electrons. The zero-order valence-electron chi connectivity index (χ0n) is 8.33. The Balaban J connectivity index is 2.88. The summed E-state index contributed by atoms with van der Waals surface area (Å²) in [6, 6.07) is 0.320. The van der Waals surface area contributed by atoms with E-state index in [4.69, 9.17) is 0 Å². The van der Waals surface area contributed by atoms with Crippen molar-refractivity contribution < 1.29 is 0 Å². The molecule has 1 heterocycles. The fourth-order valence-electron chi connectivity index (χ4n) is 1.11. The summed E-state index contributed by atoms with van der Waals surface area (Å²) in [5, 5.41) is 0. The van der Waals surface area contributed by atoms with Crippen LogP contribution in [0.1, 0.15) is 27.7 Å². The summed E-state index contributed by atoms with van der Waals surface area (Å²) in [6.45, 7) is 8.74. The van der Waals surface area contributed by atoms with E-state index in [1.165, 1.54) is 5.57 Å². The van der Waals surface area contributed by atoms with Crippen LogP contribution in [0.3, 0.4) is 0 Å². The van der Waals surface area contributed by atoms with Crippen molar-refractivity contribution >= 4 is 6.21 Å². The van der Waals surface area contributed by atoms with Gasteiger partial charge in [-0.05, 0) is 24.0 Å². The Morgan fingerprint density at radius 2 is 2.00 bits per heavy atom. The lowest BCUT2D eigenvalue weighted by atomic mass is 9.86. The molecule has 0 N–H and O–H groups in total. The fraction of sp³-hybridized carbons (Fsp3) is 0.545. The highest BCUT2D eigenvalue weighted by Crippen LogP contribution is 2.26. The number of rotatable bonds is 0. The minimum atomic E-state index is 0.229. The van der Waals surface area contributed by atoms with E-state index in [1.807, 2.05) is 6.21 Å². The van der Waals surface area contributed by atoms with Gasteiger partial charge in [0.15, 0.2) is 0 Å². The molecule has 1 rings (SSSR count). The van der Waals surface area contributed by atoms with Crippen molar-refractivity contribution in [2.75, 3.05) is 0 Å². The SMILES string of the molecule is CC1C=CC(C(C)(C)C)=CC=N1. The largest absolute Gasteiger partial charge is 0.286 e. The van der Waals surface area contributed by atoms with Gasteiger partial charge in [0, 0.05) is 6.21 Å². The number of nitrogens with zero attached hydrogens (tertiary/aromatic N) is 1. The van der Waals surface area contributed by atoms with Crippen LogP contribution in [0.15, 0.2) is 28.8 Å². The number of hydrogen-bond donors (Lipinski definition) is 0. The first-order valence-corrected chi connectivity index (χ1v) is 4.42. The van der Waals surface area contributed by atoms with Gasteiger partial charge in [0.1, 0.15) is 0 Å². The molecule has 12 heavy (non-hydrogen) atoms. The summed E-state index contributed by atoms with van der Waals surface area (Å²) in [6.07, 6.45) is 8.32. The lowest BCUT2D eigenvalue weighted by molar-refractivity contribution is 0.518. The predicted molar refractivity (Wildman–Crippen MR) is 54.6 cm³/mol. The summed E-state index contributed by atoms with van der Waals surface area (Å²) < 4.78 is 0. The Hall–Kier alpha value is -0.850. The van der Waals surface area contributed by atoms with E-state index in [2.05, 4.69) is 50.9 Å². The minimum absolute atomic E-state index is 0.229. The van der Waals surface area contributed by atoms with Gasteiger partial charge < -0.3 is 0 Å². The van der Waals surface area contributed by atoms with Gasteiger partial charge in [-0.2, -0.15) is 0 Å². The van der Waals surface area contributed by atoms with Crippen molar-refractivity contribution in [1.29, 1.82) is 0 Å². The minimum Gasteiger partial charge on any atom is -0.286 e. The van der Waals surface area contributed by atoms with Crippen molar-refractivity contribution in [3.05, 3.63) is 23.8 Å². The number of allylic oxidation sites excluding steroid dienone is 3. The molecule has 1 heteroatoms. The van der Waals surface area contributed by atoms with E-state index in [9.17, 15) is 0 Å². The monoisotopic (exact) mass is 163 g/mol. The topological polar surface area (TPSA) is 12.4 Å². The lowest BCUT2D eigenvalue weighted by Crippen LogP contribution is -2.07. The van der Waals surface area contributed by atoms with Gasteiger partial charge in [-0.25, -0.2) is 0 Å². The standard InChI is InChI=1S/C11H17N/c1-9-5-6-10(7-8-12-9)11(2,3)4/h5-9H,1-4H3. The molecule has 0 spiro atoms. The van der Waals surface area contributed by atoms with E-state index in [-0.39, 0.29) is 5.41 Å². The third-order valence-electron chi connectivity index (χ3n) is 2.00. The molecular weight excluding hydrogens is 146 g/mol. The molecular formula is C11H17N. The third kappa shape index (κ3) is 2.33. The second-order valence-corrected chi connectivity index (χ2v) is 4.27. The van der Waals surface area contributed by atoms with Gasteiger partial charge in [-0.3, -0.25) is 4.99 Å². The molecule has 1 nitrogen and oxygen atoms in total. The van der Waals surface area contributed by atoms with Crippen molar-refractivity contribution in [1.82, 2.24) is 0 Å². The third-order valence-corrected chi connectivity index (χ3v) is 2.00. The van der Waals surface area contributed by atoms with Gasteiger partial charge in [-0.15, -0.1) is 0 Å². The first-order valence-electron chi connectivity index (χ1n) is 4.42. The molecule has 1 atom stereocenters. The molecule has 0 amide bonds. The highest BCUT2D eigenvalue weighted by molar-refractivity contribution is 5.74. The van der Waals surface area contributed by atoms with E-state index >= 15 is 0 Å². The van der Waals surface area contributed by atoms with Crippen LogP contribution in [0.5, 0.6) is 0 Å². The molecule has 1 unspecified atom stereocenters. The van der Waals surface area contributed by atoms with Crippen molar-refractivity contribution in [2.45, 2.75) is 33.7 Å². The van der Waals surface area contributed by atoms with Crippen LogP contribution in [-0.4, -0.2) is 12.3 Å². The molecule has 0 aromatic heterocycles. The summed E-state index contributed by atoms with van der Waals surface area (Å²) in [4.78, 5) is 4.30. The quantitative estimate of drug-likeness (QED) is 0.520. The van der Waals surface area contributed by atoms with Crippen molar-refractivity contribution in [2.24, 2.45) is 10.4 Å². The van der Waals surface area contributed by atoms with Crippen LogP contribution < -0.4 is 0 Å². The Kier molecular flexibility index (Phi) is 2.51. The fourth-order valence-corrected chi connectivity index (χ4v) is 1.11. The van der Waals surface area contributed by atoms with E-state index < -0.39 is 0 Å². The van der Waals surface area contributed by atoms with Gasteiger partial charge in [0.25, 0.3) is 0 Å². The number of hydrogen-bond acceptors (Lipinski definition) is 1. The Morgan fingerprint density at radius 1 is 1.33 bits per heavy atom. The molecule has 0 saturated heterocycles. The summed E-state index contributed by atoms with van der Waals surface area (Å²) in [7, 11) is 0. The highest BCUT2D eigenvalue weighted by Gasteiger charge is 2.14. The number of aliphatic imine (C=N–C) groups is 1. The molecule has 0 bridgehead atoms. The maximum Gasteiger partial charge on any atom is 0.0654 e. The van der Waals surface area contributed by atoms with E-state index in [0.717, 1.165) is 0 Å². The molecule has 1 aliphatic rings. The van der Waals surface area contributed by atoms with Gasteiger partial charge in [0.05, 0.1) is 6.04 Å². The van der Waals surface area contributed by atoms with Crippen molar-refractivity contribution in [3.8, 4) is 0 Å². The van der Waals surface area contributed by atoms with Crippen molar-refractivity contribution in [3.63, 3.8) is 0 Å². The molecule has 1 aliphatic heterocycles. The van der Waals surface area contributed by atoms with Crippen LogP contribution in [0.2, 0.25) is 0 Å². The van der Waals surface area contributed by atoms with Crippen LogP contribution in [-0.2, 0) is 0 Å². The van der Waals surface area contributed by atoms with Gasteiger partial charge >= 0.3 is 0 Å². The average molecular weight is 163 g/mol. The summed E-state index contributed by atoms with van der Waals surface area (Å²) >= 11 is 0. The van der Waals surface area contributed by atoms with Gasteiger partial charge in [-0.1, -0.05) is 32.9 Å². The first-order chi connectivity index (χ1) is 5.50. The van der Waals surface area contributed by atoms with E-state index in [1.54, 1.807) is 0 Å². The smallest absolute Gasteiger partial charge is 0.0654 e. The molecule has 0 aromatic carbocycles. The van der Waals surface area contributed by atoms with Crippen LogP contribution >= 0.6 is 0 Å². The van der Waals surface area contributed by atoms with Crippen LogP contribution in [0.25, 0.3) is 0 Å².